The fourth-order valence-corrected chi connectivity index (χ4v) is 1.53. The van der Waals surface area contributed by atoms with E-state index in [1.807, 2.05) is 19.2 Å². The van der Waals surface area contributed by atoms with Crippen LogP contribution in [0.25, 0.3) is 6.08 Å². The predicted molar refractivity (Wildman–Crippen MR) is 63.1 cm³/mol. The number of furan rings is 1. The fourth-order valence-electron chi connectivity index (χ4n) is 1.21. The lowest BCUT2D eigenvalue weighted by atomic mass is 10.0. The zero-order valence-corrected chi connectivity index (χ0v) is 10.4. The molecule has 1 aromatic heterocycles. The van der Waals surface area contributed by atoms with Gasteiger partial charge in [0.25, 0.3) is 0 Å². The van der Waals surface area contributed by atoms with Crippen molar-refractivity contribution in [3.63, 3.8) is 0 Å². The maximum absolute atomic E-state index is 5.42. The number of hydrogen-bond acceptors (Lipinski definition) is 2. The molecule has 0 saturated heterocycles. The summed E-state index contributed by atoms with van der Waals surface area (Å²) < 4.78 is 6.20. The quantitative estimate of drug-likeness (QED) is 0.896. The minimum atomic E-state index is 0.534. The Morgan fingerprint density at radius 1 is 1.57 bits per heavy atom. The molecular formula is C11H16BrNO. The number of hydrogen-bond donors (Lipinski definition) is 1. The summed E-state index contributed by atoms with van der Waals surface area (Å²) in [6, 6.07) is 3.87. The highest BCUT2D eigenvalue weighted by molar-refractivity contribution is 9.10. The summed E-state index contributed by atoms with van der Waals surface area (Å²) in [5.41, 5.74) is 1.34. The zero-order valence-electron chi connectivity index (χ0n) is 8.80. The highest BCUT2D eigenvalue weighted by Gasteiger charge is 2.04. The average Bonchev–Trinajstić information content (AvgIpc) is 2.50. The third kappa shape index (κ3) is 3.31. The van der Waals surface area contributed by atoms with Gasteiger partial charge < -0.3 is 9.73 Å². The van der Waals surface area contributed by atoms with Crippen LogP contribution in [0.4, 0.5) is 0 Å². The Kier molecular flexibility index (Phi) is 4.42. The normalized spacial score (nSPS) is 12.5. The lowest BCUT2D eigenvalue weighted by Crippen LogP contribution is -2.13. The third-order valence-electron chi connectivity index (χ3n) is 2.04. The average molecular weight is 258 g/mol. The summed E-state index contributed by atoms with van der Waals surface area (Å²) in [4.78, 5) is 0. The molecule has 1 rings (SSSR count). The van der Waals surface area contributed by atoms with Gasteiger partial charge in [0.15, 0.2) is 4.67 Å². The molecule has 0 unspecified atom stereocenters. The first kappa shape index (κ1) is 11.5. The minimum absolute atomic E-state index is 0.534. The molecule has 1 N–H and O–H groups in total. The molecule has 0 aliphatic carbocycles. The summed E-state index contributed by atoms with van der Waals surface area (Å²) >= 11 is 3.29. The predicted octanol–water partition coefficient (Wildman–Crippen LogP) is 3.30. The molecule has 0 radical (unpaired) electrons. The monoisotopic (exact) mass is 257 g/mol. The molecule has 0 saturated carbocycles. The van der Waals surface area contributed by atoms with Gasteiger partial charge in [-0.15, -0.1) is 0 Å². The largest absolute Gasteiger partial charge is 0.450 e. The molecule has 1 aromatic rings. The summed E-state index contributed by atoms with van der Waals surface area (Å²) in [5.74, 6) is 1.43. The molecule has 0 aromatic carbocycles. The minimum Gasteiger partial charge on any atom is -0.450 e. The summed E-state index contributed by atoms with van der Waals surface area (Å²) in [7, 11) is 1.95. The van der Waals surface area contributed by atoms with E-state index in [4.69, 9.17) is 4.42 Å². The summed E-state index contributed by atoms with van der Waals surface area (Å²) in [6.45, 7) is 5.26. The van der Waals surface area contributed by atoms with Crippen molar-refractivity contribution < 1.29 is 4.42 Å². The first-order valence-corrected chi connectivity index (χ1v) is 5.53. The van der Waals surface area contributed by atoms with Gasteiger partial charge in [0.1, 0.15) is 5.76 Å². The lowest BCUT2D eigenvalue weighted by molar-refractivity contribution is 0.530. The van der Waals surface area contributed by atoms with Crippen LogP contribution in [0.2, 0.25) is 0 Å². The van der Waals surface area contributed by atoms with Crippen LogP contribution in [-0.2, 0) is 0 Å². The van der Waals surface area contributed by atoms with E-state index in [1.165, 1.54) is 5.57 Å². The van der Waals surface area contributed by atoms with E-state index >= 15 is 0 Å². The molecule has 2 nitrogen and oxygen atoms in total. The topological polar surface area (TPSA) is 25.2 Å². The van der Waals surface area contributed by atoms with E-state index in [1.54, 1.807) is 0 Å². The smallest absolute Gasteiger partial charge is 0.169 e. The van der Waals surface area contributed by atoms with Gasteiger partial charge in [-0.25, -0.2) is 0 Å². The number of nitrogens with one attached hydrogen (secondary N) is 1. The SMILES string of the molecule is CNCC(=Cc1ccc(Br)o1)C(C)C. The molecule has 0 amide bonds. The van der Waals surface area contributed by atoms with Crippen LogP contribution in [0.1, 0.15) is 19.6 Å². The van der Waals surface area contributed by atoms with Gasteiger partial charge in [0.05, 0.1) is 0 Å². The van der Waals surface area contributed by atoms with Gasteiger partial charge in [-0.1, -0.05) is 19.4 Å². The molecule has 0 atom stereocenters. The highest BCUT2D eigenvalue weighted by atomic mass is 79.9. The van der Waals surface area contributed by atoms with Crippen LogP contribution in [0.15, 0.2) is 26.8 Å². The van der Waals surface area contributed by atoms with Crippen LogP contribution in [0.5, 0.6) is 0 Å². The Morgan fingerprint density at radius 2 is 2.29 bits per heavy atom. The Bertz CT molecular complexity index is 315. The van der Waals surface area contributed by atoms with E-state index in [9.17, 15) is 0 Å². The fraction of sp³-hybridized carbons (Fsp3) is 0.455. The van der Waals surface area contributed by atoms with Gasteiger partial charge in [-0.3, -0.25) is 0 Å². The molecule has 0 aliphatic heterocycles. The first-order chi connectivity index (χ1) is 6.63. The van der Waals surface area contributed by atoms with Crippen molar-refractivity contribution in [3.05, 3.63) is 28.1 Å². The third-order valence-corrected chi connectivity index (χ3v) is 2.47. The lowest BCUT2D eigenvalue weighted by Gasteiger charge is -2.09. The number of rotatable bonds is 4. The van der Waals surface area contributed by atoms with Crippen molar-refractivity contribution in [2.24, 2.45) is 5.92 Å². The summed E-state index contributed by atoms with van der Waals surface area (Å²) in [5, 5.41) is 3.15. The van der Waals surface area contributed by atoms with E-state index in [2.05, 4.69) is 41.2 Å². The van der Waals surface area contributed by atoms with Crippen LogP contribution >= 0.6 is 15.9 Å². The van der Waals surface area contributed by atoms with Gasteiger partial charge in [0, 0.05) is 6.54 Å². The number of halogens is 1. The molecule has 0 fully saturated rings. The van der Waals surface area contributed by atoms with Crippen molar-refractivity contribution in [2.45, 2.75) is 13.8 Å². The van der Waals surface area contributed by atoms with E-state index < -0.39 is 0 Å². The van der Waals surface area contributed by atoms with Gasteiger partial charge in [-0.2, -0.15) is 0 Å². The molecular weight excluding hydrogens is 242 g/mol. The molecule has 1 heterocycles. The standard InChI is InChI=1S/C11H16BrNO/c1-8(2)9(7-13-3)6-10-4-5-11(12)14-10/h4-6,8,13H,7H2,1-3H3. The molecule has 0 bridgehead atoms. The van der Waals surface area contributed by atoms with Crippen molar-refractivity contribution in [3.8, 4) is 0 Å². The Labute approximate surface area is 93.5 Å². The van der Waals surface area contributed by atoms with Crippen LogP contribution < -0.4 is 5.32 Å². The van der Waals surface area contributed by atoms with Crippen molar-refractivity contribution in [2.75, 3.05) is 13.6 Å². The van der Waals surface area contributed by atoms with Crippen LogP contribution in [-0.4, -0.2) is 13.6 Å². The van der Waals surface area contributed by atoms with Gasteiger partial charge in [0.2, 0.25) is 0 Å². The van der Waals surface area contributed by atoms with Crippen LogP contribution in [0, 0.1) is 5.92 Å². The van der Waals surface area contributed by atoms with Gasteiger partial charge >= 0.3 is 0 Å². The molecule has 78 valence electrons. The maximum Gasteiger partial charge on any atom is 0.169 e. The van der Waals surface area contributed by atoms with Crippen LogP contribution in [0.3, 0.4) is 0 Å². The van der Waals surface area contributed by atoms with Crippen molar-refractivity contribution in [1.29, 1.82) is 0 Å². The molecule has 0 spiro atoms. The van der Waals surface area contributed by atoms with E-state index in [0.29, 0.717) is 5.92 Å². The second kappa shape index (κ2) is 5.37. The first-order valence-electron chi connectivity index (χ1n) is 4.74. The van der Waals surface area contributed by atoms with Gasteiger partial charge in [-0.05, 0) is 47.1 Å². The Balaban J connectivity index is 2.81. The Morgan fingerprint density at radius 3 is 2.71 bits per heavy atom. The second-order valence-electron chi connectivity index (χ2n) is 3.55. The highest BCUT2D eigenvalue weighted by Crippen LogP contribution is 2.19. The van der Waals surface area contributed by atoms with Crippen molar-refractivity contribution >= 4 is 22.0 Å². The molecule has 0 aliphatic rings. The number of likely N-dealkylation sites (N-methyl/N-ethyl adjacent to an activating group) is 1. The molecule has 3 heteroatoms. The Hall–Kier alpha value is -0.540. The van der Waals surface area contributed by atoms with Crippen molar-refractivity contribution in [1.82, 2.24) is 5.32 Å². The van der Waals surface area contributed by atoms with E-state index in [0.717, 1.165) is 17.0 Å². The second-order valence-corrected chi connectivity index (χ2v) is 4.33. The molecule has 14 heavy (non-hydrogen) atoms. The van der Waals surface area contributed by atoms with E-state index in [-0.39, 0.29) is 0 Å². The zero-order chi connectivity index (χ0) is 10.6. The summed E-state index contributed by atoms with van der Waals surface area (Å²) in [6.07, 6.45) is 2.09. The maximum atomic E-state index is 5.42.